The largest absolute Gasteiger partial charge is 0.444 e. The number of ether oxygens (including phenoxy) is 1. The van der Waals surface area contributed by atoms with Crippen molar-refractivity contribution >= 4 is 17.7 Å². The highest BCUT2D eigenvalue weighted by Crippen LogP contribution is 2.19. The van der Waals surface area contributed by atoms with Crippen LogP contribution in [0, 0.1) is 12.7 Å². The summed E-state index contributed by atoms with van der Waals surface area (Å²) in [5.41, 5.74) is 0.552. The third kappa shape index (κ3) is 6.10. The molecule has 0 saturated heterocycles. The number of halogens is 1. The number of carbonyl (C=O) groups is 2. The Morgan fingerprint density at radius 2 is 1.88 bits per heavy atom. The van der Waals surface area contributed by atoms with Crippen LogP contribution in [0.4, 0.5) is 14.9 Å². The highest BCUT2D eigenvalue weighted by atomic mass is 19.1. The summed E-state index contributed by atoms with van der Waals surface area (Å²) in [6.45, 7) is 6.84. The summed E-state index contributed by atoms with van der Waals surface area (Å²) in [6.07, 6.45) is -0.468. The SMILES string of the molecule is Cc1nnnn1-c1cc(NC(=O)C(Cc2ccccc2)NC(=O)OC(C)(C)C)ccc1F. The van der Waals surface area contributed by atoms with Gasteiger partial charge in [-0.25, -0.2) is 9.18 Å². The van der Waals surface area contributed by atoms with Crippen LogP contribution < -0.4 is 10.6 Å². The maximum Gasteiger partial charge on any atom is 0.408 e. The van der Waals surface area contributed by atoms with Gasteiger partial charge in [0.2, 0.25) is 5.91 Å². The number of alkyl carbamates (subject to hydrolysis) is 1. The van der Waals surface area contributed by atoms with Gasteiger partial charge in [-0.2, -0.15) is 4.68 Å². The van der Waals surface area contributed by atoms with E-state index < -0.39 is 29.5 Å². The van der Waals surface area contributed by atoms with Crippen molar-refractivity contribution in [2.24, 2.45) is 0 Å². The number of amides is 2. The Kier molecular flexibility index (Phi) is 6.82. The highest BCUT2D eigenvalue weighted by molar-refractivity contribution is 5.97. The number of rotatable bonds is 6. The van der Waals surface area contributed by atoms with Crippen molar-refractivity contribution in [3.8, 4) is 5.69 Å². The number of hydrogen-bond acceptors (Lipinski definition) is 6. The molecule has 0 aliphatic heterocycles. The Balaban J connectivity index is 1.81. The minimum absolute atomic E-state index is 0.0880. The van der Waals surface area contributed by atoms with Crippen molar-refractivity contribution in [2.75, 3.05) is 5.32 Å². The molecule has 10 heteroatoms. The Bertz CT molecular complexity index is 1090. The summed E-state index contributed by atoms with van der Waals surface area (Å²) < 4.78 is 20.8. The molecule has 0 aliphatic rings. The molecule has 168 valence electrons. The molecule has 9 nitrogen and oxygen atoms in total. The first-order chi connectivity index (χ1) is 15.1. The molecule has 1 aromatic heterocycles. The molecule has 0 fully saturated rings. The van der Waals surface area contributed by atoms with Crippen molar-refractivity contribution in [3.05, 3.63) is 65.7 Å². The molecule has 0 radical (unpaired) electrons. The van der Waals surface area contributed by atoms with Crippen LogP contribution in [0.3, 0.4) is 0 Å². The lowest BCUT2D eigenvalue weighted by atomic mass is 10.1. The highest BCUT2D eigenvalue weighted by Gasteiger charge is 2.25. The summed E-state index contributed by atoms with van der Waals surface area (Å²) in [5, 5.41) is 16.4. The van der Waals surface area contributed by atoms with E-state index in [2.05, 4.69) is 26.2 Å². The van der Waals surface area contributed by atoms with Crippen LogP contribution in [0.15, 0.2) is 48.5 Å². The third-order valence-electron chi connectivity index (χ3n) is 4.36. The molecule has 1 unspecified atom stereocenters. The number of carbonyl (C=O) groups excluding carboxylic acids is 2. The molecule has 1 atom stereocenters. The molecule has 3 aromatic rings. The van der Waals surface area contributed by atoms with Crippen LogP contribution in [-0.4, -0.2) is 43.9 Å². The van der Waals surface area contributed by atoms with E-state index in [0.717, 1.165) is 5.56 Å². The quantitative estimate of drug-likeness (QED) is 0.609. The summed E-state index contributed by atoms with van der Waals surface area (Å²) in [7, 11) is 0. The van der Waals surface area contributed by atoms with Gasteiger partial charge in [0.15, 0.2) is 5.82 Å². The number of benzene rings is 2. The van der Waals surface area contributed by atoms with Crippen molar-refractivity contribution in [3.63, 3.8) is 0 Å². The van der Waals surface area contributed by atoms with Crippen LogP contribution >= 0.6 is 0 Å². The molecule has 0 aliphatic carbocycles. The fourth-order valence-corrected chi connectivity index (χ4v) is 2.95. The number of nitrogens with one attached hydrogen (secondary N) is 2. The van der Waals surface area contributed by atoms with E-state index in [1.165, 1.54) is 22.9 Å². The monoisotopic (exact) mass is 440 g/mol. The van der Waals surface area contributed by atoms with Gasteiger partial charge in [0.1, 0.15) is 23.1 Å². The second-order valence-electron chi connectivity index (χ2n) is 8.18. The zero-order valence-electron chi connectivity index (χ0n) is 18.3. The van der Waals surface area contributed by atoms with E-state index in [1.807, 2.05) is 30.3 Å². The predicted octanol–water partition coefficient (Wildman–Crippen LogP) is 3.18. The summed E-state index contributed by atoms with van der Waals surface area (Å²) in [6, 6.07) is 12.4. The Labute approximate surface area is 185 Å². The van der Waals surface area contributed by atoms with Gasteiger partial charge in [-0.3, -0.25) is 4.79 Å². The second kappa shape index (κ2) is 9.54. The lowest BCUT2D eigenvalue weighted by Crippen LogP contribution is -2.47. The van der Waals surface area contributed by atoms with Crippen LogP contribution in [0.5, 0.6) is 0 Å². The number of hydrogen-bond donors (Lipinski definition) is 2. The fraction of sp³-hybridized carbons (Fsp3) is 0.318. The molecule has 2 amide bonds. The molecular formula is C22H25FN6O3. The normalized spacial score (nSPS) is 12.2. The fourth-order valence-electron chi connectivity index (χ4n) is 2.95. The number of tetrazole rings is 1. The lowest BCUT2D eigenvalue weighted by Gasteiger charge is -2.23. The molecule has 1 heterocycles. The van der Waals surface area contributed by atoms with E-state index in [-0.39, 0.29) is 12.1 Å². The second-order valence-corrected chi connectivity index (χ2v) is 8.18. The Morgan fingerprint density at radius 1 is 1.16 bits per heavy atom. The first kappa shape index (κ1) is 22.9. The van der Waals surface area contributed by atoms with E-state index in [1.54, 1.807) is 27.7 Å². The van der Waals surface area contributed by atoms with E-state index in [4.69, 9.17) is 4.74 Å². The maximum atomic E-state index is 14.3. The molecule has 0 bridgehead atoms. The first-order valence-electron chi connectivity index (χ1n) is 10.0. The minimum atomic E-state index is -0.921. The smallest absolute Gasteiger partial charge is 0.408 e. The van der Waals surface area contributed by atoms with E-state index >= 15 is 0 Å². The number of aromatic nitrogens is 4. The van der Waals surface area contributed by atoms with Gasteiger partial charge in [0.25, 0.3) is 0 Å². The van der Waals surface area contributed by atoms with Gasteiger partial charge < -0.3 is 15.4 Å². The summed E-state index contributed by atoms with van der Waals surface area (Å²) in [5.74, 6) is -0.641. The van der Waals surface area contributed by atoms with Gasteiger partial charge in [-0.15, -0.1) is 5.10 Å². The molecule has 32 heavy (non-hydrogen) atoms. The van der Waals surface area contributed by atoms with Crippen molar-refractivity contribution in [1.29, 1.82) is 0 Å². The number of anilines is 1. The molecule has 3 rings (SSSR count). The molecule has 2 N–H and O–H groups in total. The third-order valence-corrected chi connectivity index (χ3v) is 4.36. The van der Waals surface area contributed by atoms with Crippen LogP contribution in [0.25, 0.3) is 5.69 Å². The van der Waals surface area contributed by atoms with Gasteiger partial charge >= 0.3 is 6.09 Å². The van der Waals surface area contributed by atoms with Gasteiger partial charge in [-0.1, -0.05) is 30.3 Å². The Morgan fingerprint density at radius 3 is 2.50 bits per heavy atom. The van der Waals surface area contributed by atoms with Crippen molar-refractivity contribution in [1.82, 2.24) is 25.5 Å². The van der Waals surface area contributed by atoms with Crippen LogP contribution in [0.2, 0.25) is 0 Å². The zero-order valence-corrected chi connectivity index (χ0v) is 18.3. The van der Waals surface area contributed by atoms with Crippen molar-refractivity contribution in [2.45, 2.75) is 45.8 Å². The van der Waals surface area contributed by atoms with Gasteiger partial charge in [-0.05, 0) is 61.9 Å². The van der Waals surface area contributed by atoms with Crippen LogP contribution in [0.1, 0.15) is 32.2 Å². The maximum absolute atomic E-state index is 14.3. The van der Waals surface area contributed by atoms with Gasteiger partial charge in [0.05, 0.1) is 0 Å². The summed E-state index contributed by atoms with van der Waals surface area (Å²) >= 11 is 0. The molecule has 0 saturated carbocycles. The zero-order chi connectivity index (χ0) is 23.3. The molecule has 0 spiro atoms. The van der Waals surface area contributed by atoms with E-state index in [0.29, 0.717) is 11.5 Å². The predicted molar refractivity (Wildman–Crippen MR) is 116 cm³/mol. The standard InChI is InChI=1S/C22H25FN6O3/c1-14-26-27-28-29(14)19-13-16(10-11-17(19)23)24-20(30)18(12-15-8-6-5-7-9-15)25-21(31)32-22(2,3)4/h5-11,13,18H,12H2,1-4H3,(H,24,30)(H,25,31). The average molecular weight is 440 g/mol. The Hall–Kier alpha value is -3.82. The topological polar surface area (TPSA) is 111 Å². The van der Waals surface area contributed by atoms with Gasteiger partial charge in [0, 0.05) is 12.1 Å². The first-order valence-corrected chi connectivity index (χ1v) is 10.0. The minimum Gasteiger partial charge on any atom is -0.444 e. The van der Waals surface area contributed by atoms with Crippen LogP contribution in [-0.2, 0) is 16.0 Å². The summed E-state index contributed by atoms with van der Waals surface area (Å²) in [4.78, 5) is 25.4. The number of nitrogens with zero attached hydrogens (tertiary/aromatic N) is 4. The number of aryl methyl sites for hydroxylation is 1. The van der Waals surface area contributed by atoms with E-state index in [9.17, 15) is 14.0 Å². The molecule has 2 aromatic carbocycles. The molecular weight excluding hydrogens is 415 g/mol. The van der Waals surface area contributed by atoms with Crippen molar-refractivity contribution < 1.29 is 18.7 Å². The average Bonchev–Trinajstić information content (AvgIpc) is 3.14. The lowest BCUT2D eigenvalue weighted by molar-refractivity contribution is -0.118.